The number of hydrogen-bond donors (Lipinski definition) is 0. The Morgan fingerprint density at radius 1 is 1.17 bits per heavy atom. The lowest BCUT2D eigenvalue weighted by atomic mass is 9.97. The molecule has 1 aromatic heterocycles. The molecule has 2 aromatic rings. The Labute approximate surface area is 183 Å². The van der Waals surface area contributed by atoms with E-state index in [4.69, 9.17) is 16.3 Å². The highest BCUT2D eigenvalue weighted by molar-refractivity contribution is 6.32. The molecule has 1 aromatic carbocycles. The molecular weight excluding hydrogens is 402 g/mol. The van der Waals surface area contributed by atoms with Gasteiger partial charge in [0.15, 0.2) is 6.10 Å². The second-order valence-corrected chi connectivity index (χ2v) is 8.67. The number of aryl methyl sites for hydroxylation is 2. The van der Waals surface area contributed by atoms with Gasteiger partial charge in [-0.15, -0.1) is 0 Å². The molecule has 1 amide bonds. The molecule has 0 spiro atoms. The molecule has 162 valence electrons. The second kappa shape index (κ2) is 9.21. The number of likely N-dealkylation sites (tertiary alicyclic amines) is 1. The summed E-state index contributed by atoms with van der Waals surface area (Å²) in [7, 11) is 0. The van der Waals surface area contributed by atoms with Crippen molar-refractivity contribution in [1.29, 1.82) is 0 Å². The van der Waals surface area contributed by atoms with Gasteiger partial charge in [-0.3, -0.25) is 4.79 Å². The number of hydrogen-bond acceptors (Lipinski definition) is 4. The summed E-state index contributed by atoms with van der Waals surface area (Å²) in [5.74, 6) is -0.783. The van der Waals surface area contributed by atoms with E-state index in [0.717, 1.165) is 24.8 Å². The quantitative estimate of drug-likeness (QED) is 0.652. The highest BCUT2D eigenvalue weighted by atomic mass is 35.5. The van der Waals surface area contributed by atoms with E-state index in [9.17, 15) is 9.59 Å². The molecule has 0 bridgehead atoms. The largest absolute Gasteiger partial charge is 0.449 e. The summed E-state index contributed by atoms with van der Waals surface area (Å²) in [6, 6.07) is 8.33. The SMILES string of the molecule is Cc1ccc(Cn2nc(C)c(C(=O)O[C@@H](C)C(=O)N3[C@H](C)CCC[C@@H]3C)c2Cl)cc1. The maximum absolute atomic E-state index is 12.9. The summed E-state index contributed by atoms with van der Waals surface area (Å²) in [4.78, 5) is 27.6. The maximum Gasteiger partial charge on any atom is 0.343 e. The summed E-state index contributed by atoms with van der Waals surface area (Å²) < 4.78 is 7.10. The van der Waals surface area contributed by atoms with Crippen LogP contribution < -0.4 is 0 Å². The normalized spacial score (nSPS) is 20.1. The van der Waals surface area contributed by atoms with Gasteiger partial charge in [0, 0.05) is 12.1 Å². The summed E-state index contributed by atoms with van der Waals surface area (Å²) >= 11 is 6.47. The molecule has 1 aliphatic rings. The number of carbonyl (C=O) groups is 2. The number of nitrogens with zero attached hydrogens (tertiary/aromatic N) is 3. The van der Waals surface area contributed by atoms with E-state index >= 15 is 0 Å². The van der Waals surface area contributed by atoms with Crippen molar-refractivity contribution in [3.8, 4) is 0 Å². The van der Waals surface area contributed by atoms with Gasteiger partial charge in [0.1, 0.15) is 10.7 Å². The van der Waals surface area contributed by atoms with Crippen LogP contribution in [-0.4, -0.2) is 44.7 Å². The van der Waals surface area contributed by atoms with Crippen molar-refractivity contribution in [3.05, 3.63) is 51.8 Å². The molecule has 3 rings (SSSR count). The van der Waals surface area contributed by atoms with Crippen LogP contribution in [0.1, 0.15) is 67.2 Å². The zero-order valence-electron chi connectivity index (χ0n) is 18.3. The van der Waals surface area contributed by atoms with Gasteiger partial charge in [0.2, 0.25) is 0 Å². The Morgan fingerprint density at radius 2 is 1.77 bits per heavy atom. The molecular formula is C23H30ClN3O3. The summed E-state index contributed by atoms with van der Waals surface area (Å²) in [6.07, 6.45) is 2.16. The Kier molecular flexibility index (Phi) is 6.86. The first-order chi connectivity index (χ1) is 14.2. The van der Waals surface area contributed by atoms with E-state index in [1.807, 2.05) is 49.9 Å². The zero-order valence-corrected chi connectivity index (χ0v) is 19.1. The third-order valence-corrected chi connectivity index (χ3v) is 6.19. The average Bonchev–Trinajstić information content (AvgIpc) is 2.96. The van der Waals surface area contributed by atoms with Crippen LogP contribution in [0.2, 0.25) is 5.15 Å². The number of ether oxygens (including phenoxy) is 1. The minimum Gasteiger partial charge on any atom is -0.449 e. The molecule has 1 aliphatic heterocycles. The van der Waals surface area contributed by atoms with Crippen LogP contribution in [0.25, 0.3) is 0 Å². The number of amides is 1. The van der Waals surface area contributed by atoms with Gasteiger partial charge >= 0.3 is 5.97 Å². The Morgan fingerprint density at radius 3 is 2.37 bits per heavy atom. The fourth-order valence-electron chi connectivity index (χ4n) is 4.09. The van der Waals surface area contributed by atoms with Crippen molar-refractivity contribution in [3.63, 3.8) is 0 Å². The van der Waals surface area contributed by atoms with Gasteiger partial charge < -0.3 is 9.64 Å². The molecule has 0 N–H and O–H groups in total. The van der Waals surface area contributed by atoms with Crippen molar-refractivity contribution in [1.82, 2.24) is 14.7 Å². The molecule has 1 saturated heterocycles. The van der Waals surface area contributed by atoms with Crippen molar-refractivity contribution >= 4 is 23.5 Å². The molecule has 0 radical (unpaired) electrons. The monoisotopic (exact) mass is 431 g/mol. The molecule has 30 heavy (non-hydrogen) atoms. The van der Waals surface area contributed by atoms with E-state index in [1.54, 1.807) is 18.5 Å². The molecule has 0 aliphatic carbocycles. The maximum atomic E-state index is 12.9. The summed E-state index contributed by atoms with van der Waals surface area (Å²) in [5, 5.41) is 4.62. The Balaban J connectivity index is 1.72. The van der Waals surface area contributed by atoms with Crippen molar-refractivity contribution in [2.45, 2.75) is 78.6 Å². The van der Waals surface area contributed by atoms with E-state index < -0.39 is 12.1 Å². The van der Waals surface area contributed by atoms with Crippen LogP contribution in [0.5, 0.6) is 0 Å². The van der Waals surface area contributed by atoms with Gasteiger partial charge in [-0.25, -0.2) is 9.48 Å². The number of rotatable bonds is 5. The zero-order chi connectivity index (χ0) is 22.0. The molecule has 0 saturated carbocycles. The van der Waals surface area contributed by atoms with Crippen molar-refractivity contribution in [2.24, 2.45) is 0 Å². The average molecular weight is 432 g/mol. The number of benzene rings is 1. The Bertz CT molecular complexity index is 913. The fraction of sp³-hybridized carbons (Fsp3) is 0.522. The van der Waals surface area contributed by atoms with Gasteiger partial charge in [-0.2, -0.15) is 5.10 Å². The lowest BCUT2D eigenvalue weighted by Crippen LogP contribution is -2.51. The minimum atomic E-state index is -0.878. The number of esters is 1. The van der Waals surface area contributed by atoms with E-state index in [-0.39, 0.29) is 28.7 Å². The molecule has 7 heteroatoms. The van der Waals surface area contributed by atoms with Crippen molar-refractivity contribution in [2.75, 3.05) is 0 Å². The number of piperidine rings is 1. The van der Waals surface area contributed by atoms with Crippen LogP contribution in [0.15, 0.2) is 24.3 Å². The van der Waals surface area contributed by atoms with Gasteiger partial charge in [-0.05, 0) is 59.4 Å². The molecule has 1 fully saturated rings. The minimum absolute atomic E-state index is 0.144. The van der Waals surface area contributed by atoms with Crippen LogP contribution in [-0.2, 0) is 16.1 Å². The summed E-state index contributed by atoms with van der Waals surface area (Å²) in [6.45, 7) is 9.89. The van der Waals surface area contributed by atoms with E-state index in [2.05, 4.69) is 5.10 Å². The summed E-state index contributed by atoms with van der Waals surface area (Å²) in [5.41, 5.74) is 2.89. The Hall–Kier alpha value is -2.34. The van der Waals surface area contributed by atoms with Crippen LogP contribution in [0, 0.1) is 13.8 Å². The van der Waals surface area contributed by atoms with Crippen molar-refractivity contribution < 1.29 is 14.3 Å². The highest BCUT2D eigenvalue weighted by Gasteiger charge is 2.34. The van der Waals surface area contributed by atoms with Crippen LogP contribution in [0.4, 0.5) is 0 Å². The second-order valence-electron chi connectivity index (χ2n) is 8.32. The lowest BCUT2D eigenvalue weighted by Gasteiger charge is -2.40. The fourth-order valence-corrected chi connectivity index (χ4v) is 4.40. The molecule has 0 unspecified atom stereocenters. The predicted molar refractivity (Wildman–Crippen MR) is 117 cm³/mol. The first-order valence-corrected chi connectivity index (χ1v) is 10.9. The molecule has 6 nitrogen and oxygen atoms in total. The molecule has 2 heterocycles. The number of aromatic nitrogens is 2. The van der Waals surface area contributed by atoms with E-state index in [0.29, 0.717) is 12.2 Å². The predicted octanol–water partition coefficient (Wildman–Crippen LogP) is 4.54. The first-order valence-electron chi connectivity index (χ1n) is 10.5. The van der Waals surface area contributed by atoms with Gasteiger partial charge in [0.05, 0.1) is 12.2 Å². The van der Waals surface area contributed by atoms with Crippen LogP contribution in [0.3, 0.4) is 0 Å². The third kappa shape index (κ3) is 4.69. The molecule has 3 atom stereocenters. The number of halogens is 1. The highest BCUT2D eigenvalue weighted by Crippen LogP contribution is 2.26. The lowest BCUT2D eigenvalue weighted by molar-refractivity contribution is -0.146. The third-order valence-electron chi connectivity index (χ3n) is 5.80. The van der Waals surface area contributed by atoms with E-state index in [1.165, 1.54) is 5.56 Å². The van der Waals surface area contributed by atoms with Crippen LogP contribution >= 0.6 is 11.6 Å². The standard InChI is InChI=1S/C23H30ClN3O3/c1-14-9-11-19(12-10-14)13-26-21(24)20(17(4)25-26)23(29)30-18(5)22(28)27-15(2)7-6-8-16(27)3/h9-12,15-16,18H,6-8,13H2,1-5H3/t15-,16+,18-/m0/s1. The van der Waals surface area contributed by atoms with Gasteiger partial charge in [0.25, 0.3) is 5.91 Å². The topological polar surface area (TPSA) is 64.4 Å². The number of carbonyl (C=O) groups excluding carboxylic acids is 2. The van der Waals surface area contributed by atoms with Gasteiger partial charge in [-0.1, -0.05) is 41.4 Å². The first kappa shape index (κ1) is 22.3. The smallest absolute Gasteiger partial charge is 0.343 e.